The molecule has 0 saturated heterocycles. The van der Waals surface area contributed by atoms with E-state index in [2.05, 4.69) is 31.3 Å². The van der Waals surface area contributed by atoms with Crippen molar-refractivity contribution in [2.45, 2.75) is 26.2 Å². The lowest BCUT2D eigenvalue weighted by atomic mass is 9.87. The summed E-state index contributed by atoms with van der Waals surface area (Å²) < 4.78 is 0. The average Bonchev–Trinajstić information content (AvgIpc) is 2.46. The Balaban J connectivity index is 2.02. The predicted molar refractivity (Wildman–Crippen MR) is 93.3 cm³/mol. The van der Waals surface area contributed by atoms with Crippen LogP contribution in [0.25, 0.3) is 0 Å². The second-order valence-electron chi connectivity index (χ2n) is 6.23. The molecule has 120 valence electrons. The molecule has 2 aromatic rings. The van der Waals surface area contributed by atoms with Crippen molar-refractivity contribution in [1.29, 1.82) is 0 Å². The summed E-state index contributed by atoms with van der Waals surface area (Å²) in [5.74, 6) is -0.679. The van der Waals surface area contributed by atoms with Crippen LogP contribution in [-0.4, -0.2) is 17.2 Å². The van der Waals surface area contributed by atoms with Gasteiger partial charge in [-0.3, -0.25) is 4.79 Å². The van der Waals surface area contributed by atoms with Gasteiger partial charge in [0.1, 0.15) is 5.75 Å². The summed E-state index contributed by atoms with van der Waals surface area (Å²) in [6.45, 7) is 6.44. The third kappa shape index (κ3) is 4.57. The van der Waals surface area contributed by atoms with Crippen molar-refractivity contribution in [2.24, 2.45) is 5.10 Å². The van der Waals surface area contributed by atoms with Crippen LogP contribution in [-0.2, 0) is 5.41 Å². The fourth-order valence-electron chi connectivity index (χ4n) is 1.99. The number of hydrogen-bond acceptors (Lipinski definition) is 3. The molecule has 2 N–H and O–H groups in total. The van der Waals surface area contributed by atoms with Crippen LogP contribution in [0.1, 0.15) is 42.3 Å². The van der Waals surface area contributed by atoms with E-state index in [-0.39, 0.29) is 16.7 Å². The first-order valence-electron chi connectivity index (χ1n) is 7.20. The molecule has 0 fully saturated rings. The number of carbonyl (C=O) groups excluding carboxylic acids is 1. The lowest BCUT2D eigenvalue weighted by Gasteiger charge is -2.18. The molecular weight excluding hydrogens is 312 g/mol. The molecule has 0 bridgehead atoms. The van der Waals surface area contributed by atoms with Gasteiger partial charge in [-0.1, -0.05) is 56.6 Å². The molecule has 0 aromatic heterocycles. The van der Waals surface area contributed by atoms with Gasteiger partial charge in [-0.2, -0.15) is 5.10 Å². The Labute approximate surface area is 140 Å². The quantitative estimate of drug-likeness (QED) is 0.657. The summed E-state index contributed by atoms with van der Waals surface area (Å²) in [4.78, 5) is 11.9. The first-order valence-corrected chi connectivity index (χ1v) is 7.57. The number of nitrogens with zero attached hydrogens (tertiary/aromatic N) is 1. The number of phenols is 1. The Morgan fingerprint density at radius 1 is 1.17 bits per heavy atom. The zero-order valence-electron chi connectivity index (χ0n) is 13.3. The van der Waals surface area contributed by atoms with Gasteiger partial charge in [0, 0.05) is 5.02 Å². The highest BCUT2D eigenvalue weighted by Crippen LogP contribution is 2.22. The molecule has 0 heterocycles. The van der Waals surface area contributed by atoms with Gasteiger partial charge in [0.15, 0.2) is 0 Å². The smallest absolute Gasteiger partial charge is 0.275 e. The molecular formula is C18H19ClN2O2. The maximum atomic E-state index is 11.9. The van der Waals surface area contributed by atoms with Gasteiger partial charge in [0.25, 0.3) is 5.91 Å². The highest BCUT2D eigenvalue weighted by atomic mass is 35.5. The number of benzene rings is 2. The van der Waals surface area contributed by atoms with E-state index in [0.717, 1.165) is 5.56 Å². The summed E-state index contributed by atoms with van der Waals surface area (Å²) in [5.41, 5.74) is 4.69. The Morgan fingerprint density at radius 2 is 1.83 bits per heavy atom. The van der Waals surface area contributed by atoms with E-state index in [1.165, 1.54) is 23.8 Å². The van der Waals surface area contributed by atoms with Gasteiger partial charge in [-0.05, 0) is 34.7 Å². The largest absolute Gasteiger partial charge is 0.507 e. The predicted octanol–water partition coefficient (Wildman–Crippen LogP) is 4.11. The Bertz CT molecular complexity index is 732. The molecule has 2 aromatic carbocycles. The van der Waals surface area contributed by atoms with Crippen molar-refractivity contribution in [1.82, 2.24) is 5.43 Å². The molecule has 0 unspecified atom stereocenters. The summed E-state index contributed by atoms with van der Waals surface area (Å²) in [6.07, 6.45) is 1.55. The maximum Gasteiger partial charge on any atom is 0.275 e. The highest BCUT2D eigenvalue weighted by molar-refractivity contribution is 6.30. The first kappa shape index (κ1) is 17.0. The van der Waals surface area contributed by atoms with Crippen molar-refractivity contribution in [3.63, 3.8) is 0 Å². The minimum atomic E-state index is -0.498. The number of halogens is 1. The molecule has 0 aliphatic carbocycles. The summed E-state index contributed by atoms with van der Waals surface area (Å²) in [6, 6.07) is 12.2. The van der Waals surface area contributed by atoms with Gasteiger partial charge >= 0.3 is 0 Å². The van der Waals surface area contributed by atoms with Crippen LogP contribution >= 0.6 is 11.6 Å². The zero-order chi connectivity index (χ0) is 17.0. The number of nitrogens with one attached hydrogen (secondary N) is 1. The molecule has 0 spiro atoms. The van der Waals surface area contributed by atoms with Crippen molar-refractivity contribution < 1.29 is 9.90 Å². The van der Waals surface area contributed by atoms with E-state index in [9.17, 15) is 9.90 Å². The zero-order valence-corrected chi connectivity index (χ0v) is 14.1. The highest BCUT2D eigenvalue weighted by Gasteiger charge is 2.12. The Kier molecular flexibility index (Phi) is 5.06. The van der Waals surface area contributed by atoms with E-state index in [0.29, 0.717) is 5.02 Å². The lowest BCUT2D eigenvalue weighted by molar-refractivity contribution is 0.0952. The van der Waals surface area contributed by atoms with Gasteiger partial charge in [-0.15, -0.1) is 0 Å². The van der Waals surface area contributed by atoms with Crippen LogP contribution in [0.2, 0.25) is 5.02 Å². The number of amides is 1. The van der Waals surface area contributed by atoms with Crippen LogP contribution < -0.4 is 5.43 Å². The number of carbonyl (C=O) groups is 1. The Hall–Kier alpha value is -2.33. The number of aromatic hydroxyl groups is 1. The van der Waals surface area contributed by atoms with Gasteiger partial charge in [-0.25, -0.2) is 5.43 Å². The first-order chi connectivity index (χ1) is 10.8. The molecule has 5 heteroatoms. The topological polar surface area (TPSA) is 61.7 Å². The van der Waals surface area contributed by atoms with Crippen molar-refractivity contribution >= 4 is 23.7 Å². The second kappa shape index (κ2) is 6.84. The second-order valence-corrected chi connectivity index (χ2v) is 6.67. The minimum absolute atomic E-state index is 0.0933. The molecule has 1 amide bonds. The molecule has 23 heavy (non-hydrogen) atoms. The number of rotatable bonds is 3. The Morgan fingerprint density at radius 3 is 2.39 bits per heavy atom. The van der Waals surface area contributed by atoms with Crippen molar-refractivity contribution in [2.75, 3.05) is 0 Å². The molecule has 4 nitrogen and oxygen atoms in total. The molecule has 0 aliphatic heterocycles. The van der Waals surface area contributed by atoms with Gasteiger partial charge < -0.3 is 5.11 Å². The number of phenolic OH excluding ortho intramolecular Hbond substituents is 1. The molecule has 2 rings (SSSR count). The van der Waals surface area contributed by atoms with Crippen LogP contribution in [0.3, 0.4) is 0 Å². The fourth-order valence-corrected chi connectivity index (χ4v) is 2.16. The van der Waals surface area contributed by atoms with E-state index < -0.39 is 5.91 Å². The van der Waals surface area contributed by atoms with Gasteiger partial charge in [0.2, 0.25) is 0 Å². The lowest BCUT2D eigenvalue weighted by Crippen LogP contribution is -2.17. The number of hydrazone groups is 1. The molecule has 0 saturated carbocycles. The molecule has 0 atom stereocenters. The van der Waals surface area contributed by atoms with Crippen LogP contribution in [0.4, 0.5) is 0 Å². The number of hydrogen-bond donors (Lipinski definition) is 2. The van der Waals surface area contributed by atoms with Crippen molar-refractivity contribution in [3.05, 3.63) is 64.2 Å². The summed E-state index contributed by atoms with van der Waals surface area (Å²) in [5, 5.41) is 14.0. The summed E-state index contributed by atoms with van der Waals surface area (Å²) >= 11 is 5.73. The monoisotopic (exact) mass is 330 g/mol. The normalized spacial score (nSPS) is 11.7. The van der Waals surface area contributed by atoms with E-state index >= 15 is 0 Å². The molecule has 0 aliphatic rings. The standard InChI is InChI=1S/C18H19ClN2O2/c1-18(2,3)13-6-4-12(5-7-13)11-20-21-17(23)15-9-8-14(19)10-16(15)22/h4-11,22H,1-3H3,(H,21,23)/b20-11+. The van der Waals surface area contributed by atoms with Gasteiger partial charge in [0.05, 0.1) is 11.8 Å². The molecule has 0 radical (unpaired) electrons. The van der Waals surface area contributed by atoms with Crippen LogP contribution in [0, 0.1) is 0 Å². The van der Waals surface area contributed by atoms with E-state index in [1.807, 2.05) is 24.3 Å². The van der Waals surface area contributed by atoms with E-state index in [1.54, 1.807) is 6.21 Å². The maximum absolute atomic E-state index is 11.9. The average molecular weight is 331 g/mol. The SMILES string of the molecule is CC(C)(C)c1ccc(/C=N/NC(=O)c2ccc(Cl)cc2O)cc1. The van der Waals surface area contributed by atoms with Crippen LogP contribution in [0.15, 0.2) is 47.6 Å². The van der Waals surface area contributed by atoms with E-state index in [4.69, 9.17) is 11.6 Å². The third-order valence-corrected chi connectivity index (χ3v) is 3.60. The minimum Gasteiger partial charge on any atom is -0.507 e. The summed E-state index contributed by atoms with van der Waals surface area (Å²) in [7, 11) is 0. The fraction of sp³-hybridized carbons (Fsp3) is 0.222. The van der Waals surface area contributed by atoms with Crippen molar-refractivity contribution in [3.8, 4) is 5.75 Å². The van der Waals surface area contributed by atoms with Crippen LogP contribution in [0.5, 0.6) is 5.75 Å². The third-order valence-electron chi connectivity index (χ3n) is 3.36.